The molecule has 1 atom stereocenters. The third-order valence-electron chi connectivity index (χ3n) is 4.96. The largest absolute Gasteiger partial charge is 0.461 e. The lowest BCUT2D eigenvalue weighted by molar-refractivity contribution is -0.0394. The molecule has 0 saturated carbocycles. The summed E-state index contributed by atoms with van der Waals surface area (Å²) in [5, 5.41) is 5.79. The van der Waals surface area contributed by atoms with Gasteiger partial charge in [0.05, 0.1) is 28.4 Å². The van der Waals surface area contributed by atoms with Crippen LogP contribution in [0, 0.1) is 12.5 Å². The Morgan fingerprint density at radius 1 is 1.41 bits per heavy atom. The Kier molecular flexibility index (Phi) is 5.55. The number of terminal acetylenes is 1. The number of rotatable bonds is 4. The van der Waals surface area contributed by atoms with E-state index >= 15 is 0 Å². The maximum atomic E-state index is 12.8. The highest BCUT2D eigenvalue weighted by Gasteiger charge is 2.28. The molecule has 2 aromatic heterocycles. The summed E-state index contributed by atoms with van der Waals surface area (Å²) in [6, 6.07) is 6.00. The number of halogens is 2. The van der Waals surface area contributed by atoms with Gasteiger partial charge in [-0.1, -0.05) is 35.7 Å². The summed E-state index contributed by atoms with van der Waals surface area (Å²) in [5.41, 5.74) is 2.04. The van der Waals surface area contributed by atoms with Crippen molar-refractivity contribution in [2.24, 2.45) is 0 Å². The average Bonchev–Trinajstić information content (AvgIpc) is 3.34. The molecule has 0 radical (unpaired) electrons. The Bertz CT molecular complexity index is 1120. The van der Waals surface area contributed by atoms with Crippen molar-refractivity contribution >= 4 is 40.1 Å². The fourth-order valence-corrected chi connectivity index (χ4v) is 4.08. The molecule has 1 fully saturated rings. The third kappa shape index (κ3) is 3.40. The number of carbonyl (C=O) groups is 1. The number of carbonyl (C=O) groups excluding carboxylic acids is 1. The molecule has 1 aliphatic heterocycles. The van der Waals surface area contributed by atoms with Gasteiger partial charge < -0.3 is 9.47 Å². The molecule has 1 unspecified atom stereocenters. The Hall–Kier alpha value is -2.46. The summed E-state index contributed by atoms with van der Waals surface area (Å²) in [5.74, 6) is -0.537. The molecule has 4 rings (SSSR count). The van der Waals surface area contributed by atoms with Crippen molar-refractivity contribution in [3.63, 3.8) is 0 Å². The van der Waals surface area contributed by atoms with Crippen LogP contribution in [0.15, 0.2) is 24.5 Å². The Labute approximate surface area is 178 Å². The Morgan fingerprint density at radius 2 is 2.24 bits per heavy atom. The number of esters is 1. The first-order valence-corrected chi connectivity index (χ1v) is 10.1. The number of ether oxygens (including phenoxy) is 2. The number of aromatic nitrogens is 3. The fourth-order valence-electron chi connectivity index (χ4n) is 3.68. The molecule has 0 amide bonds. The smallest absolute Gasteiger partial charge is 0.356 e. The SMILES string of the molecule is C#Cn1c(C(=O)OCC)c(-c2cnn(C3CCCCO3)c2)c2ccc(Cl)c(Cl)c21. The van der Waals surface area contributed by atoms with E-state index in [9.17, 15) is 4.79 Å². The van der Waals surface area contributed by atoms with Crippen molar-refractivity contribution in [1.29, 1.82) is 0 Å². The van der Waals surface area contributed by atoms with Gasteiger partial charge in [0.1, 0.15) is 11.9 Å². The quantitative estimate of drug-likeness (QED) is 0.424. The molecule has 150 valence electrons. The molecule has 0 spiro atoms. The van der Waals surface area contributed by atoms with E-state index in [1.54, 1.807) is 29.9 Å². The third-order valence-corrected chi connectivity index (χ3v) is 5.76. The van der Waals surface area contributed by atoms with Gasteiger partial charge in [0, 0.05) is 35.4 Å². The summed E-state index contributed by atoms with van der Waals surface area (Å²) >= 11 is 12.7. The zero-order valence-corrected chi connectivity index (χ0v) is 17.3. The molecule has 6 nitrogen and oxygen atoms in total. The fraction of sp³-hybridized carbons (Fsp3) is 0.333. The van der Waals surface area contributed by atoms with Crippen molar-refractivity contribution in [3.05, 3.63) is 40.3 Å². The maximum Gasteiger partial charge on any atom is 0.356 e. The molecule has 8 heteroatoms. The first-order chi connectivity index (χ1) is 14.1. The number of fused-ring (bicyclic) bond motifs is 1. The highest BCUT2D eigenvalue weighted by atomic mass is 35.5. The van der Waals surface area contributed by atoms with Gasteiger partial charge in [0.2, 0.25) is 0 Å². The maximum absolute atomic E-state index is 12.8. The minimum absolute atomic E-state index is 0.123. The molecule has 29 heavy (non-hydrogen) atoms. The zero-order chi connectivity index (χ0) is 20.5. The van der Waals surface area contributed by atoms with E-state index in [1.807, 2.05) is 6.20 Å². The van der Waals surface area contributed by atoms with Gasteiger partial charge in [-0.15, -0.1) is 0 Å². The minimum Gasteiger partial charge on any atom is -0.461 e. The molecular formula is C21H19Cl2N3O3. The lowest BCUT2D eigenvalue weighted by Gasteiger charge is -2.22. The Balaban J connectivity index is 1.95. The van der Waals surface area contributed by atoms with E-state index in [0.717, 1.165) is 24.8 Å². The summed E-state index contributed by atoms with van der Waals surface area (Å²) in [7, 11) is 0. The van der Waals surface area contributed by atoms with Crippen LogP contribution in [0.1, 0.15) is 42.9 Å². The molecule has 1 saturated heterocycles. The second-order valence-electron chi connectivity index (χ2n) is 6.70. The first kappa shape index (κ1) is 19.8. The van der Waals surface area contributed by atoms with Crippen LogP contribution in [0.2, 0.25) is 10.0 Å². The van der Waals surface area contributed by atoms with Gasteiger partial charge in [0.25, 0.3) is 0 Å². The van der Waals surface area contributed by atoms with Crippen molar-refractivity contribution in [2.45, 2.75) is 32.4 Å². The van der Waals surface area contributed by atoms with Gasteiger partial charge in [-0.05, 0) is 32.3 Å². The van der Waals surface area contributed by atoms with Crippen LogP contribution in [0.4, 0.5) is 0 Å². The topological polar surface area (TPSA) is 58.3 Å². The standard InChI is InChI=1S/C21H19Cl2N3O3/c1-3-25-19-14(8-9-15(22)18(19)23)17(20(25)21(27)28-4-2)13-11-24-26(12-13)16-7-5-6-10-29-16/h1,8-9,11-12,16H,4-7,10H2,2H3. The van der Waals surface area contributed by atoms with Crippen LogP contribution in [0.25, 0.3) is 22.0 Å². The number of nitrogens with zero attached hydrogens (tertiary/aromatic N) is 3. The lowest BCUT2D eigenvalue weighted by Crippen LogP contribution is -2.18. The van der Waals surface area contributed by atoms with Gasteiger partial charge >= 0.3 is 5.97 Å². The first-order valence-electron chi connectivity index (χ1n) is 9.39. The second-order valence-corrected chi connectivity index (χ2v) is 7.48. The summed E-state index contributed by atoms with van der Waals surface area (Å²) in [4.78, 5) is 12.8. The predicted octanol–water partition coefficient (Wildman–Crippen LogP) is 5.13. The zero-order valence-electron chi connectivity index (χ0n) is 15.8. The lowest BCUT2D eigenvalue weighted by atomic mass is 10.1. The Morgan fingerprint density at radius 3 is 2.93 bits per heavy atom. The highest BCUT2D eigenvalue weighted by molar-refractivity contribution is 6.45. The molecule has 0 bridgehead atoms. The second kappa shape index (κ2) is 8.11. The van der Waals surface area contributed by atoms with E-state index in [0.29, 0.717) is 28.1 Å². The van der Waals surface area contributed by atoms with Crippen LogP contribution < -0.4 is 0 Å². The molecule has 3 heterocycles. The van der Waals surface area contributed by atoms with Crippen LogP contribution in [-0.2, 0) is 9.47 Å². The van der Waals surface area contributed by atoms with E-state index < -0.39 is 5.97 Å². The van der Waals surface area contributed by atoms with Crippen LogP contribution in [-0.4, -0.2) is 33.5 Å². The van der Waals surface area contributed by atoms with E-state index in [-0.39, 0.29) is 23.6 Å². The van der Waals surface area contributed by atoms with Crippen molar-refractivity contribution in [1.82, 2.24) is 14.3 Å². The molecular weight excluding hydrogens is 413 g/mol. The summed E-state index contributed by atoms with van der Waals surface area (Å²) < 4.78 is 14.3. The predicted molar refractivity (Wildman–Crippen MR) is 112 cm³/mol. The highest BCUT2D eigenvalue weighted by Crippen LogP contribution is 2.41. The normalized spacial score (nSPS) is 16.7. The number of hydrogen-bond acceptors (Lipinski definition) is 4. The monoisotopic (exact) mass is 431 g/mol. The molecule has 3 aromatic rings. The summed E-state index contributed by atoms with van der Waals surface area (Å²) in [6.45, 7) is 2.66. The van der Waals surface area contributed by atoms with Gasteiger partial charge in [-0.3, -0.25) is 4.57 Å². The van der Waals surface area contributed by atoms with Crippen molar-refractivity contribution < 1.29 is 14.3 Å². The van der Waals surface area contributed by atoms with Crippen LogP contribution >= 0.6 is 23.2 Å². The minimum atomic E-state index is -0.537. The van der Waals surface area contributed by atoms with E-state index in [2.05, 4.69) is 11.1 Å². The van der Waals surface area contributed by atoms with Gasteiger partial charge in [-0.2, -0.15) is 5.10 Å². The molecule has 0 N–H and O–H groups in total. The molecule has 1 aromatic carbocycles. The summed E-state index contributed by atoms with van der Waals surface area (Å²) in [6.07, 6.45) is 12.2. The van der Waals surface area contributed by atoms with Crippen LogP contribution in [0.5, 0.6) is 0 Å². The number of hydrogen-bond donors (Lipinski definition) is 0. The van der Waals surface area contributed by atoms with Crippen molar-refractivity contribution in [3.8, 4) is 23.6 Å². The van der Waals surface area contributed by atoms with Gasteiger partial charge in [-0.25, -0.2) is 9.48 Å². The van der Waals surface area contributed by atoms with E-state index in [1.165, 1.54) is 4.57 Å². The average molecular weight is 432 g/mol. The molecule has 1 aliphatic rings. The van der Waals surface area contributed by atoms with E-state index in [4.69, 9.17) is 39.1 Å². The van der Waals surface area contributed by atoms with Gasteiger partial charge in [0.15, 0.2) is 0 Å². The van der Waals surface area contributed by atoms with Crippen LogP contribution in [0.3, 0.4) is 0 Å². The number of benzene rings is 1. The van der Waals surface area contributed by atoms with Crippen molar-refractivity contribution in [2.75, 3.05) is 13.2 Å². The molecule has 0 aliphatic carbocycles.